The van der Waals surface area contributed by atoms with Crippen molar-refractivity contribution < 1.29 is 0 Å². The minimum absolute atomic E-state index is 0.219. The molecule has 2 rings (SSSR count). The van der Waals surface area contributed by atoms with Gasteiger partial charge in [-0.1, -0.05) is 18.2 Å². The maximum absolute atomic E-state index is 5.95. The zero-order chi connectivity index (χ0) is 13.1. The fourth-order valence-electron chi connectivity index (χ4n) is 2.61. The van der Waals surface area contributed by atoms with Crippen molar-refractivity contribution >= 4 is 5.69 Å². The summed E-state index contributed by atoms with van der Waals surface area (Å²) in [5.74, 6) is 0. The number of nitrogens with two attached hydrogens (primary N) is 1. The van der Waals surface area contributed by atoms with E-state index < -0.39 is 0 Å². The number of piperazine rings is 1. The molecule has 2 unspecified atom stereocenters. The van der Waals surface area contributed by atoms with Crippen molar-refractivity contribution in [2.75, 3.05) is 31.6 Å². The molecule has 1 fully saturated rings. The van der Waals surface area contributed by atoms with Crippen molar-refractivity contribution in [1.29, 1.82) is 0 Å². The van der Waals surface area contributed by atoms with Crippen LogP contribution in [0.2, 0.25) is 0 Å². The molecule has 0 aliphatic carbocycles. The molecule has 1 aliphatic rings. The fraction of sp³-hybridized carbons (Fsp3) is 0.600. The summed E-state index contributed by atoms with van der Waals surface area (Å²) in [4.78, 5) is 4.92. The number of nitrogens with zero attached hydrogens (tertiary/aromatic N) is 2. The Morgan fingerprint density at radius 3 is 2.72 bits per heavy atom. The van der Waals surface area contributed by atoms with Gasteiger partial charge in [0.2, 0.25) is 0 Å². The lowest BCUT2D eigenvalue weighted by atomic mass is 10.0. The zero-order valence-corrected chi connectivity index (χ0v) is 11.8. The first-order valence-electron chi connectivity index (χ1n) is 6.86. The Bertz CT molecular complexity index is 389. The van der Waals surface area contributed by atoms with Gasteiger partial charge < -0.3 is 15.5 Å². The molecule has 1 aromatic carbocycles. The van der Waals surface area contributed by atoms with E-state index >= 15 is 0 Å². The molecule has 1 aliphatic heterocycles. The first-order valence-corrected chi connectivity index (χ1v) is 6.86. The quantitative estimate of drug-likeness (QED) is 0.882. The van der Waals surface area contributed by atoms with Crippen molar-refractivity contribution in [2.45, 2.75) is 32.4 Å². The molecule has 18 heavy (non-hydrogen) atoms. The highest BCUT2D eigenvalue weighted by molar-refractivity contribution is 5.54. The fourth-order valence-corrected chi connectivity index (χ4v) is 2.61. The van der Waals surface area contributed by atoms with E-state index in [-0.39, 0.29) is 6.04 Å². The smallest absolute Gasteiger partial charge is 0.0400 e. The molecule has 3 nitrogen and oxygen atoms in total. The minimum Gasteiger partial charge on any atom is -0.368 e. The summed E-state index contributed by atoms with van der Waals surface area (Å²) in [7, 11) is 2.20. The molecule has 0 radical (unpaired) electrons. The molecule has 0 saturated carbocycles. The van der Waals surface area contributed by atoms with E-state index in [2.05, 4.69) is 55.0 Å². The third kappa shape index (κ3) is 3.03. The Morgan fingerprint density at radius 1 is 1.33 bits per heavy atom. The van der Waals surface area contributed by atoms with Crippen LogP contribution in [0.1, 0.15) is 19.4 Å². The van der Waals surface area contributed by atoms with Crippen LogP contribution in [-0.4, -0.2) is 43.7 Å². The Balaban J connectivity index is 2.17. The predicted octanol–water partition coefficient (Wildman–Crippen LogP) is 1.72. The van der Waals surface area contributed by atoms with Crippen LogP contribution in [-0.2, 0) is 6.42 Å². The van der Waals surface area contributed by atoms with Crippen LogP contribution in [0.3, 0.4) is 0 Å². The third-order valence-electron chi connectivity index (χ3n) is 3.83. The van der Waals surface area contributed by atoms with Crippen LogP contribution < -0.4 is 10.6 Å². The number of likely N-dealkylation sites (N-methyl/N-ethyl adjacent to an activating group) is 1. The molecule has 0 spiro atoms. The molecule has 1 saturated heterocycles. The molecule has 3 heteroatoms. The summed E-state index contributed by atoms with van der Waals surface area (Å²) in [6.07, 6.45) is 0.955. The van der Waals surface area contributed by atoms with Gasteiger partial charge in [-0.3, -0.25) is 0 Å². The predicted molar refractivity (Wildman–Crippen MR) is 78.1 cm³/mol. The van der Waals surface area contributed by atoms with Crippen molar-refractivity contribution in [2.24, 2.45) is 5.73 Å². The van der Waals surface area contributed by atoms with Gasteiger partial charge >= 0.3 is 0 Å². The van der Waals surface area contributed by atoms with Gasteiger partial charge in [0.25, 0.3) is 0 Å². The van der Waals surface area contributed by atoms with Gasteiger partial charge in [0, 0.05) is 37.4 Å². The molecule has 1 aromatic rings. The molecule has 0 aromatic heterocycles. The number of hydrogen-bond donors (Lipinski definition) is 1. The van der Waals surface area contributed by atoms with Gasteiger partial charge in [-0.05, 0) is 38.9 Å². The van der Waals surface area contributed by atoms with E-state index in [4.69, 9.17) is 5.73 Å². The van der Waals surface area contributed by atoms with Crippen LogP contribution in [0.4, 0.5) is 5.69 Å². The second-order valence-electron chi connectivity index (χ2n) is 5.59. The maximum Gasteiger partial charge on any atom is 0.0400 e. The van der Waals surface area contributed by atoms with E-state index in [9.17, 15) is 0 Å². The van der Waals surface area contributed by atoms with Crippen LogP contribution in [0.15, 0.2) is 24.3 Å². The highest BCUT2D eigenvalue weighted by Crippen LogP contribution is 2.24. The number of hydrogen-bond acceptors (Lipinski definition) is 3. The van der Waals surface area contributed by atoms with Gasteiger partial charge in [-0.15, -0.1) is 0 Å². The van der Waals surface area contributed by atoms with Crippen molar-refractivity contribution in [3.8, 4) is 0 Å². The van der Waals surface area contributed by atoms with E-state index in [1.165, 1.54) is 11.3 Å². The number of anilines is 1. The lowest BCUT2D eigenvalue weighted by Crippen LogP contribution is -2.50. The summed E-state index contributed by atoms with van der Waals surface area (Å²) in [6, 6.07) is 9.51. The summed E-state index contributed by atoms with van der Waals surface area (Å²) in [5, 5.41) is 0. The van der Waals surface area contributed by atoms with Crippen molar-refractivity contribution in [3.63, 3.8) is 0 Å². The molecule has 1 heterocycles. The minimum atomic E-state index is 0.219. The molecule has 100 valence electrons. The first kappa shape index (κ1) is 13.4. The second kappa shape index (κ2) is 5.72. The van der Waals surface area contributed by atoms with E-state index in [0.717, 1.165) is 26.1 Å². The average molecular weight is 247 g/mol. The summed E-state index contributed by atoms with van der Waals surface area (Å²) >= 11 is 0. The molecule has 0 amide bonds. The topological polar surface area (TPSA) is 32.5 Å². The normalized spacial score (nSPS) is 23.1. The highest BCUT2D eigenvalue weighted by Gasteiger charge is 2.22. The van der Waals surface area contributed by atoms with Crippen LogP contribution in [0.5, 0.6) is 0 Å². The van der Waals surface area contributed by atoms with Crippen LogP contribution >= 0.6 is 0 Å². The molecular weight excluding hydrogens is 222 g/mol. The maximum atomic E-state index is 5.95. The van der Waals surface area contributed by atoms with Gasteiger partial charge in [-0.25, -0.2) is 0 Å². The molecular formula is C15H25N3. The summed E-state index contributed by atoms with van der Waals surface area (Å²) < 4.78 is 0. The lowest BCUT2D eigenvalue weighted by molar-refractivity contribution is 0.234. The number of rotatable bonds is 3. The third-order valence-corrected chi connectivity index (χ3v) is 3.83. The molecule has 2 N–H and O–H groups in total. The SMILES string of the molecule is CC(N)Cc1ccccc1N1CCN(C)C(C)C1. The Morgan fingerprint density at radius 2 is 2.06 bits per heavy atom. The average Bonchev–Trinajstić information content (AvgIpc) is 2.33. The van der Waals surface area contributed by atoms with E-state index in [1.54, 1.807) is 0 Å². The van der Waals surface area contributed by atoms with Gasteiger partial charge in [0.1, 0.15) is 0 Å². The Kier molecular flexibility index (Phi) is 4.25. The monoisotopic (exact) mass is 247 g/mol. The summed E-state index contributed by atoms with van der Waals surface area (Å²) in [5.41, 5.74) is 8.69. The summed E-state index contributed by atoms with van der Waals surface area (Å²) in [6.45, 7) is 7.71. The van der Waals surface area contributed by atoms with Crippen molar-refractivity contribution in [1.82, 2.24) is 4.90 Å². The Hall–Kier alpha value is -1.06. The Labute approximate surface area is 111 Å². The largest absolute Gasteiger partial charge is 0.368 e. The van der Waals surface area contributed by atoms with Gasteiger partial charge in [-0.2, -0.15) is 0 Å². The molecule has 0 bridgehead atoms. The van der Waals surface area contributed by atoms with Crippen LogP contribution in [0.25, 0.3) is 0 Å². The molecule has 2 atom stereocenters. The zero-order valence-electron chi connectivity index (χ0n) is 11.8. The lowest BCUT2D eigenvalue weighted by Gasteiger charge is -2.40. The van der Waals surface area contributed by atoms with Gasteiger partial charge in [0.05, 0.1) is 0 Å². The number of para-hydroxylation sites is 1. The number of benzene rings is 1. The second-order valence-corrected chi connectivity index (χ2v) is 5.59. The highest BCUT2D eigenvalue weighted by atomic mass is 15.3. The van der Waals surface area contributed by atoms with E-state index in [0.29, 0.717) is 6.04 Å². The van der Waals surface area contributed by atoms with Gasteiger partial charge in [0.15, 0.2) is 0 Å². The first-order chi connectivity index (χ1) is 8.58. The van der Waals surface area contributed by atoms with E-state index in [1.807, 2.05) is 0 Å². The standard InChI is InChI=1S/C15H25N3/c1-12(16)10-14-6-4-5-7-15(14)18-9-8-17(3)13(2)11-18/h4-7,12-13H,8-11,16H2,1-3H3. The van der Waals surface area contributed by atoms with Crippen molar-refractivity contribution in [3.05, 3.63) is 29.8 Å². The van der Waals surface area contributed by atoms with Crippen LogP contribution in [0, 0.1) is 0 Å².